The number of halogens is 1. The summed E-state index contributed by atoms with van der Waals surface area (Å²) in [5.74, 6) is 1.20. The smallest absolute Gasteiger partial charge is 0.262 e. The van der Waals surface area contributed by atoms with Gasteiger partial charge in [-0.15, -0.1) is 0 Å². The molecule has 3 heterocycles. The Morgan fingerprint density at radius 2 is 1.71 bits per heavy atom. The number of pyridine rings is 1. The molecule has 0 saturated carbocycles. The summed E-state index contributed by atoms with van der Waals surface area (Å²) in [5.41, 5.74) is 3.29. The maximum Gasteiger partial charge on any atom is 0.262 e. The Labute approximate surface area is 186 Å². The summed E-state index contributed by atoms with van der Waals surface area (Å²) >= 11 is 6.55. The number of morpholine rings is 1. The maximum absolute atomic E-state index is 13.3. The van der Waals surface area contributed by atoms with Crippen molar-refractivity contribution in [2.75, 3.05) is 49.3 Å². The van der Waals surface area contributed by atoms with E-state index in [9.17, 15) is 4.79 Å². The lowest BCUT2D eigenvalue weighted by atomic mass is 10.0. The largest absolute Gasteiger partial charge is 0.491 e. The first kappa shape index (κ1) is 19.8. The SMILES string of the molecule is O=C1c2ccc(-c3ccccc3)cc2OCCN1c1cnc(N2CCOCC2)c(Cl)c1. The van der Waals surface area contributed by atoms with Crippen LogP contribution in [0.3, 0.4) is 0 Å². The molecule has 2 aliphatic rings. The second-order valence-electron chi connectivity index (χ2n) is 7.48. The molecule has 1 fully saturated rings. The second-order valence-corrected chi connectivity index (χ2v) is 7.89. The minimum absolute atomic E-state index is 0.121. The van der Waals surface area contributed by atoms with Crippen molar-refractivity contribution in [3.05, 3.63) is 71.4 Å². The van der Waals surface area contributed by atoms with E-state index in [1.807, 2.05) is 48.5 Å². The van der Waals surface area contributed by atoms with Gasteiger partial charge in [0.1, 0.15) is 18.2 Å². The van der Waals surface area contributed by atoms with Gasteiger partial charge >= 0.3 is 0 Å². The average Bonchev–Trinajstić information content (AvgIpc) is 2.98. The van der Waals surface area contributed by atoms with Crippen molar-refractivity contribution in [1.29, 1.82) is 0 Å². The van der Waals surface area contributed by atoms with Crippen LogP contribution in [0.15, 0.2) is 60.8 Å². The summed E-state index contributed by atoms with van der Waals surface area (Å²) in [5, 5.41) is 0.525. The number of ether oxygens (including phenoxy) is 2. The van der Waals surface area contributed by atoms with Gasteiger partial charge < -0.3 is 19.3 Å². The zero-order valence-electron chi connectivity index (χ0n) is 17.0. The number of benzene rings is 2. The fourth-order valence-corrected chi connectivity index (χ4v) is 4.22. The maximum atomic E-state index is 13.3. The van der Waals surface area contributed by atoms with Crippen LogP contribution in [-0.4, -0.2) is 50.3 Å². The van der Waals surface area contributed by atoms with E-state index in [1.54, 1.807) is 17.2 Å². The topological polar surface area (TPSA) is 54.9 Å². The molecule has 0 unspecified atom stereocenters. The minimum atomic E-state index is -0.121. The highest BCUT2D eigenvalue weighted by Crippen LogP contribution is 2.33. The van der Waals surface area contributed by atoms with Crippen LogP contribution in [0.5, 0.6) is 5.75 Å². The Kier molecular flexibility index (Phi) is 5.49. The van der Waals surface area contributed by atoms with Gasteiger partial charge in [-0.25, -0.2) is 4.98 Å². The van der Waals surface area contributed by atoms with Gasteiger partial charge in [0.2, 0.25) is 0 Å². The number of amides is 1. The fraction of sp³-hybridized carbons (Fsp3) is 0.250. The first-order chi connectivity index (χ1) is 15.2. The normalized spacial score (nSPS) is 16.5. The van der Waals surface area contributed by atoms with Crippen molar-refractivity contribution < 1.29 is 14.3 Å². The van der Waals surface area contributed by atoms with Gasteiger partial charge in [-0.3, -0.25) is 4.79 Å². The third-order valence-electron chi connectivity index (χ3n) is 5.57. The number of carbonyl (C=O) groups is 1. The van der Waals surface area contributed by atoms with Gasteiger partial charge in [0, 0.05) is 13.1 Å². The van der Waals surface area contributed by atoms with E-state index < -0.39 is 0 Å². The Morgan fingerprint density at radius 3 is 2.48 bits per heavy atom. The average molecular weight is 436 g/mol. The molecule has 0 spiro atoms. The molecule has 0 radical (unpaired) electrons. The summed E-state index contributed by atoms with van der Waals surface area (Å²) in [6.07, 6.45) is 1.71. The summed E-state index contributed by atoms with van der Waals surface area (Å²) in [6, 6.07) is 17.6. The van der Waals surface area contributed by atoms with Gasteiger partial charge in [0.05, 0.1) is 42.2 Å². The summed E-state index contributed by atoms with van der Waals surface area (Å²) < 4.78 is 11.3. The van der Waals surface area contributed by atoms with E-state index in [0.29, 0.717) is 48.4 Å². The predicted molar refractivity (Wildman–Crippen MR) is 121 cm³/mol. The van der Waals surface area contributed by atoms with Crippen molar-refractivity contribution in [2.45, 2.75) is 0 Å². The quantitative estimate of drug-likeness (QED) is 0.614. The molecule has 2 aliphatic heterocycles. The monoisotopic (exact) mass is 435 g/mol. The van der Waals surface area contributed by atoms with Crippen LogP contribution in [0.1, 0.15) is 10.4 Å². The molecule has 1 saturated heterocycles. The number of hydrogen-bond acceptors (Lipinski definition) is 5. The molecule has 158 valence electrons. The first-order valence-corrected chi connectivity index (χ1v) is 10.7. The summed E-state index contributed by atoms with van der Waals surface area (Å²) in [4.78, 5) is 21.7. The van der Waals surface area contributed by atoms with E-state index in [0.717, 1.165) is 30.0 Å². The Hall–Kier alpha value is -3.09. The zero-order chi connectivity index (χ0) is 21.2. The van der Waals surface area contributed by atoms with Crippen molar-refractivity contribution in [1.82, 2.24) is 4.98 Å². The summed E-state index contributed by atoms with van der Waals surface area (Å²) in [6.45, 7) is 3.62. The second kappa shape index (κ2) is 8.57. The molecule has 7 heteroatoms. The highest BCUT2D eigenvalue weighted by molar-refractivity contribution is 6.33. The highest BCUT2D eigenvalue weighted by Gasteiger charge is 2.26. The third kappa shape index (κ3) is 3.96. The van der Waals surface area contributed by atoms with E-state index in [4.69, 9.17) is 21.1 Å². The van der Waals surface area contributed by atoms with Crippen molar-refractivity contribution in [2.24, 2.45) is 0 Å². The number of rotatable bonds is 3. The highest BCUT2D eigenvalue weighted by atomic mass is 35.5. The third-order valence-corrected chi connectivity index (χ3v) is 5.84. The number of hydrogen-bond donors (Lipinski definition) is 0. The Balaban J connectivity index is 1.43. The number of carbonyl (C=O) groups excluding carboxylic acids is 1. The van der Waals surface area contributed by atoms with Crippen molar-refractivity contribution >= 4 is 29.0 Å². The van der Waals surface area contributed by atoms with Crippen LogP contribution >= 0.6 is 11.6 Å². The van der Waals surface area contributed by atoms with Gasteiger partial charge in [-0.05, 0) is 29.3 Å². The van der Waals surface area contributed by atoms with E-state index in [-0.39, 0.29) is 5.91 Å². The molecule has 1 amide bonds. The van der Waals surface area contributed by atoms with Gasteiger partial charge in [0.15, 0.2) is 0 Å². The van der Waals surface area contributed by atoms with E-state index in [1.165, 1.54) is 0 Å². The molecule has 6 nitrogen and oxygen atoms in total. The molecule has 0 bridgehead atoms. The molecule has 1 aromatic heterocycles. The Morgan fingerprint density at radius 1 is 0.903 bits per heavy atom. The van der Waals surface area contributed by atoms with Crippen LogP contribution in [0, 0.1) is 0 Å². The molecule has 0 atom stereocenters. The minimum Gasteiger partial charge on any atom is -0.491 e. The number of aromatic nitrogens is 1. The van der Waals surface area contributed by atoms with Gasteiger partial charge in [-0.1, -0.05) is 48.0 Å². The van der Waals surface area contributed by atoms with Gasteiger partial charge in [-0.2, -0.15) is 0 Å². The molecular formula is C24H22ClN3O3. The predicted octanol–water partition coefficient (Wildman–Crippen LogP) is 4.28. The number of anilines is 2. The van der Waals surface area contributed by atoms with Crippen molar-refractivity contribution in [3.8, 4) is 16.9 Å². The van der Waals surface area contributed by atoms with E-state index >= 15 is 0 Å². The van der Waals surface area contributed by atoms with Crippen LogP contribution in [-0.2, 0) is 4.74 Å². The van der Waals surface area contributed by atoms with Crippen LogP contribution in [0.2, 0.25) is 5.02 Å². The molecule has 0 N–H and O–H groups in total. The Bertz CT molecular complexity index is 1100. The standard InChI is InChI=1S/C24H22ClN3O3/c25-21-15-19(16-26-23(21)27-8-11-30-12-9-27)28-10-13-31-22-14-18(6-7-20(22)24(28)29)17-4-2-1-3-5-17/h1-7,14-16H,8-13H2. The molecule has 2 aromatic carbocycles. The summed E-state index contributed by atoms with van der Waals surface area (Å²) in [7, 11) is 0. The molecule has 31 heavy (non-hydrogen) atoms. The molecule has 0 aliphatic carbocycles. The van der Waals surface area contributed by atoms with Crippen molar-refractivity contribution in [3.63, 3.8) is 0 Å². The first-order valence-electron chi connectivity index (χ1n) is 10.3. The molecular weight excluding hydrogens is 414 g/mol. The number of nitrogens with zero attached hydrogens (tertiary/aromatic N) is 3. The lowest BCUT2D eigenvalue weighted by molar-refractivity contribution is 0.0990. The van der Waals surface area contributed by atoms with Crippen LogP contribution in [0.4, 0.5) is 11.5 Å². The number of fused-ring (bicyclic) bond motifs is 1. The molecule has 3 aromatic rings. The van der Waals surface area contributed by atoms with Crippen LogP contribution in [0.25, 0.3) is 11.1 Å². The van der Waals surface area contributed by atoms with Gasteiger partial charge in [0.25, 0.3) is 5.91 Å². The molecule has 5 rings (SSSR count). The lowest BCUT2D eigenvalue weighted by Crippen LogP contribution is -2.37. The zero-order valence-corrected chi connectivity index (χ0v) is 17.7. The lowest BCUT2D eigenvalue weighted by Gasteiger charge is -2.29. The van der Waals surface area contributed by atoms with Crippen LogP contribution < -0.4 is 14.5 Å². The fourth-order valence-electron chi connectivity index (χ4n) is 3.94. The van der Waals surface area contributed by atoms with E-state index in [2.05, 4.69) is 9.88 Å².